The molecule has 1 aromatic heterocycles. The minimum Gasteiger partial charge on any atom is -0.274 e. The molecule has 0 aromatic carbocycles. The van der Waals surface area contributed by atoms with E-state index in [-0.39, 0.29) is 16.1 Å². The van der Waals surface area contributed by atoms with Crippen molar-refractivity contribution in [3.63, 3.8) is 0 Å². The molecule has 1 aromatic rings. The molecule has 0 spiro atoms. The van der Waals surface area contributed by atoms with Gasteiger partial charge in [0, 0.05) is 11.9 Å². The molecule has 15 heavy (non-hydrogen) atoms. The summed E-state index contributed by atoms with van der Waals surface area (Å²) in [6.07, 6.45) is 4.21. The molecule has 0 fully saturated rings. The summed E-state index contributed by atoms with van der Waals surface area (Å²) in [6, 6.07) is 2.26. The van der Waals surface area contributed by atoms with Crippen LogP contribution in [0.25, 0.3) is 0 Å². The van der Waals surface area contributed by atoms with Crippen LogP contribution in [0.1, 0.15) is 38.3 Å². The SMILES string of the molecule is CC(C)(C)c1cnc2c(c1)CCCS2=N. The minimum atomic E-state index is -0.361. The maximum Gasteiger partial charge on any atom is 0.110 e. The molecule has 0 aliphatic carbocycles. The summed E-state index contributed by atoms with van der Waals surface area (Å²) in [7, 11) is -0.361. The van der Waals surface area contributed by atoms with Crippen molar-refractivity contribution in [2.24, 2.45) is 0 Å². The number of hydrogen-bond donors (Lipinski definition) is 1. The molecule has 82 valence electrons. The number of rotatable bonds is 0. The van der Waals surface area contributed by atoms with Crippen molar-refractivity contribution in [2.75, 3.05) is 5.75 Å². The van der Waals surface area contributed by atoms with E-state index >= 15 is 0 Å². The normalized spacial score (nSPS) is 21.1. The zero-order valence-corrected chi connectivity index (χ0v) is 10.4. The Balaban J connectivity index is 2.46. The van der Waals surface area contributed by atoms with Crippen LogP contribution in [0.15, 0.2) is 17.3 Å². The number of hydrogen-bond acceptors (Lipinski definition) is 2. The van der Waals surface area contributed by atoms with Gasteiger partial charge in [-0.3, -0.25) is 4.78 Å². The van der Waals surface area contributed by atoms with Gasteiger partial charge < -0.3 is 0 Å². The molecule has 0 saturated carbocycles. The Hall–Kier alpha value is -0.700. The van der Waals surface area contributed by atoms with E-state index in [1.54, 1.807) is 0 Å². The second-order valence-electron chi connectivity index (χ2n) is 5.14. The molecular weight excluding hydrogens is 204 g/mol. The predicted octanol–water partition coefficient (Wildman–Crippen LogP) is 3.06. The van der Waals surface area contributed by atoms with Gasteiger partial charge in [0.15, 0.2) is 0 Å². The van der Waals surface area contributed by atoms with E-state index in [0.29, 0.717) is 0 Å². The molecule has 1 aliphatic heterocycles. The van der Waals surface area contributed by atoms with Crippen molar-refractivity contribution in [3.8, 4) is 0 Å². The van der Waals surface area contributed by atoms with Crippen LogP contribution in [0.5, 0.6) is 0 Å². The van der Waals surface area contributed by atoms with Crippen molar-refractivity contribution in [3.05, 3.63) is 23.4 Å². The number of nitrogens with zero attached hydrogens (tertiary/aromatic N) is 1. The second-order valence-corrected chi connectivity index (χ2v) is 6.71. The Morgan fingerprint density at radius 2 is 2.13 bits per heavy atom. The van der Waals surface area contributed by atoms with Crippen LogP contribution in [0, 0.1) is 4.78 Å². The Morgan fingerprint density at radius 1 is 1.40 bits per heavy atom. The van der Waals surface area contributed by atoms with Crippen molar-refractivity contribution in [1.82, 2.24) is 4.98 Å². The fourth-order valence-corrected chi connectivity index (χ4v) is 3.10. The maximum atomic E-state index is 7.95. The first-order valence-corrected chi connectivity index (χ1v) is 6.79. The molecule has 0 saturated heterocycles. The first-order chi connectivity index (χ1) is 6.98. The zero-order chi connectivity index (χ0) is 11.1. The highest BCUT2D eigenvalue weighted by atomic mass is 32.2. The highest BCUT2D eigenvalue weighted by Crippen LogP contribution is 2.27. The molecule has 3 heteroatoms. The largest absolute Gasteiger partial charge is 0.274 e. The van der Waals surface area contributed by atoms with E-state index < -0.39 is 0 Å². The lowest BCUT2D eigenvalue weighted by Crippen LogP contribution is -2.16. The number of fused-ring (bicyclic) bond motifs is 1. The average molecular weight is 222 g/mol. The number of aromatic nitrogens is 1. The van der Waals surface area contributed by atoms with Gasteiger partial charge in [-0.2, -0.15) is 0 Å². The van der Waals surface area contributed by atoms with Gasteiger partial charge in [0.05, 0.1) is 0 Å². The van der Waals surface area contributed by atoms with Gasteiger partial charge in [-0.1, -0.05) is 37.5 Å². The van der Waals surface area contributed by atoms with Crippen LogP contribution in [0.4, 0.5) is 0 Å². The molecule has 1 N–H and O–H groups in total. The summed E-state index contributed by atoms with van der Waals surface area (Å²) in [5, 5.41) is 1.04. The zero-order valence-electron chi connectivity index (χ0n) is 9.63. The minimum absolute atomic E-state index is 0.167. The monoisotopic (exact) mass is 222 g/mol. The lowest BCUT2D eigenvalue weighted by atomic mass is 9.87. The van der Waals surface area contributed by atoms with Crippen LogP contribution < -0.4 is 0 Å². The Labute approximate surface area is 94.0 Å². The van der Waals surface area contributed by atoms with Crippen molar-refractivity contribution < 1.29 is 0 Å². The molecular formula is C12H18N2S. The Bertz CT molecular complexity index is 405. The summed E-state index contributed by atoms with van der Waals surface area (Å²) in [5.74, 6) is 0.995. The molecule has 2 nitrogen and oxygen atoms in total. The fraction of sp³-hybridized carbons (Fsp3) is 0.583. The lowest BCUT2D eigenvalue weighted by Gasteiger charge is -2.23. The van der Waals surface area contributed by atoms with Gasteiger partial charge in [-0.15, -0.1) is 0 Å². The van der Waals surface area contributed by atoms with E-state index in [1.165, 1.54) is 11.1 Å². The summed E-state index contributed by atoms with van der Waals surface area (Å²) in [4.78, 5) is 4.49. The Morgan fingerprint density at radius 3 is 2.80 bits per heavy atom. The molecule has 1 aliphatic rings. The predicted molar refractivity (Wildman–Crippen MR) is 64.5 cm³/mol. The average Bonchev–Trinajstić information content (AvgIpc) is 2.16. The van der Waals surface area contributed by atoms with Gasteiger partial charge >= 0.3 is 0 Å². The molecule has 0 radical (unpaired) electrons. The van der Waals surface area contributed by atoms with E-state index in [9.17, 15) is 0 Å². The third-order valence-corrected chi connectivity index (χ3v) is 4.35. The lowest BCUT2D eigenvalue weighted by molar-refractivity contribution is 0.583. The second kappa shape index (κ2) is 3.71. The summed E-state index contributed by atoms with van der Waals surface area (Å²) >= 11 is 0. The van der Waals surface area contributed by atoms with E-state index in [1.807, 2.05) is 6.20 Å². The van der Waals surface area contributed by atoms with E-state index in [4.69, 9.17) is 4.78 Å². The summed E-state index contributed by atoms with van der Waals surface area (Å²) in [5.41, 5.74) is 2.77. The highest BCUT2D eigenvalue weighted by Gasteiger charge is 2.19. The van der Waals surface area contributed by atoms with E-state index in [2.05, 4.69) is 31.8 Å². The molecule has 2 rings (SSSR count). The fourth-order valence-electron chi connectivity index (χ4n) is 1.81. The van der Waals surface area contributed by atoms with Crippen molar-refractivity contribution in [1.29, 1.82) is 4.78 Å². The number of pyridine rings is 1. The van der Waals surface area contributed by atoms with Crippen LogP contribution in [0.3, 0.4) is 0 Å². The van der Waals surface area contributed by atoms with Crippen LogP contribution >= 0.6 is 0 Å². The van der Waals surface area contributed by atoms with Gasteiger partial charge in [-0.25, -0.2) is 4.98 Å². The molecule has 1 atom stereocenters. The van der Waals surface area contributed by atoms with Gasteiger partial charge in [0.25, 0.3) is 0 Å². The third-order valence-electron chi connectivity index (χ3n) is 2.82. The van der Waals surface area contributed by atoms with Crippen molar-refractivity contribution in [2.45, 2.75) is 44.1 Å². The molecule has 2 heterocycles. The maximum absolute atomic E-state index is 7.95. The number of nitrogens with one attached hydrogen (secondary N) is 1. The smallest absolute Gasteiger partial charge is 0.110 e. The van der Waals surface area contributed by atoms with Crippen LogP contribution in [-0.2, 0) is 22.5 Å². The molecule has 0 bridgehead atoms. The first-order valence-electron chi connectivity index (χ1n) is 5.40. The van der Waals surface area contributed by atoms with Gasteiger partial charge in [-0.05, 0) is 29.4 Å². The standard InChI is InChI=1S/C12H18N2S/c1-12(2,3)10-7-9-5-4-6-15(13)11(9)14-8-10/h7-8,13H,4-6H2,1-3H3. The molecule has 0 amide bonds. The quantitative estimate of drug-likeness (QED) is 0.719. The molecule has 1 unspecified atom stereocenters. The van der Waals surface area contributed by atoms with Crippen LogP contribution in [-0.4, -0.2) is 10.7 Å². The Kier molecular flexibility index (Phi) is 2.67. The summed E-state index contributed by atoms with van der Waals surface area (Å²) < 4.78 is 7.95. The van der Waals surface area contributed by atoms with E-state index in [0.717, 1.165) is 23.6 Å². The first kappa shape index (κ1) is 10.8. The van der Waals surface area contributed by atoms with Gasteiger partial charge in [0.2, 0.25) is 0 Å². The third kappa shape index (κ3) is 2.12. The van der Waals surface area contributed by atoms with Gasteiger partial charge in [0.1, 0.15) is 5.03 Å². The topological polar surface area (TPSA) is 36.7 Å². The van der Waals surface area contributed by atoms with Crippen LogP contribution in [0.2, 0.25) is 0 Å². The summed E-state index contributed by atoms with van der Waals surface area (Å²) in [6.45, 7) is 6.62. The number of aryl methyl sites for hydroxylation is 1. The highest BCUT2D eigenvalue weighted by molar-refractivity contribution is 7.86. The van der Waals surface area contributed by atoms with Crippen molar-refractivity contribution >= 4 is 10.7 Å².